The molecule has 94 valence electrons. The van der Waals surface area contributed by atoms with Crippen LogP contribution in [0, 0.1) is 6.92 Å². The van der Waals surface area contributed by atoms with Gasteiger partial charge in [-0.05, 0) is 23.4 Å². The topological polar surface area (TPSA) is 107 Å². The van der Waals surface area contributed by atoms with E-state index in [2.05, 4.69) is 25.5 Å². The molecule has 0 amide bonds. The number of aromatic nitrogens is 6. The number of carbonyl (C=O) groups is 1. The zero-order chi connectivity index (χ0) is 13.0. The Hall–Kier alpha value is -2.03. The van der Waals surface area contributed by atoms with Crippen LogP contribution in [0.15, 0.2) is 17.4 Å². The Morgan fingerprint density at radius 1 is 1.56 bits per heavy atom. The number of aliphatic carboxylic acids is 1. The number of aryl methyl sites for hydroxylation is 1. The van der Waals surface area contributed by atoms with Crippen LogP contribution in [0.5, 0.6) is 0 Å². The third-order valence-corrected chi connectivity index (χ3v) is 2.91. The van der Waals surface area contributed by atoms with E-state index in [9.17, 15) is 4.79 Å². The van der Waals surface area contributed by atoms with E-state index >= 15 is 0 Å². The van der Waals surface area contributed by atoms with Crippen molar-refractivity contribution in [3.63, 3.8) is 0 Å². The van der Waals surface area contributed by atoms with Crippen LogP contribution < -0.4 is 0 Å². The fraction of sp³-hybridized carbons (Fsp3) is 0.333. The van der Waals surface area contributed by atoms with Crippen molar-refractivity contribution in [2.24, 2.45) is 0 Å². The van der Waals surface area contributed by atoms with Gasteiger partial charge in [0.25, 0.3) is 0 Å². The van der Waals surface area contributed by atoms with E-state index < -0.39 is 5.97 Å². The van der Waals surface area contributed by atoms with Crippen molar-refractivity contribution in [2.45, 2.75) is 18.6 Å². The molecule has 0 bridgehead atoms. The molecule has 2 rings (SSSR count). The van der Waals surface area contributed by atoms with Gasteiger partial charge in [0.05, 0.1) is 18.0 Å². The first-order valence-electron chi connectivity index (χ1n) is 5.04. The molecule has 0 aliphatic rings. The molecule has 0 saturated carbocycles. The van der Waals surface area contributed by atoms with E-state index in [0.717, 1.165) is 17.5 Å². The van der Waals surface area contributed by atoms with Crippen LogP contribution in [-0.2, 0) is 11.3 Å². The molecule has 0 unspecified atom stereocenters. The summed E-state index contributed by atoms with van der Waals surface area (Å²) in [7, 11) is 0. The second-order valence-corrected chi connectivity index (χ2v) is 4.34. The van der Waals surface area contributed by atoms with E-state index in [4.69, 9.17) is 5.11 Å². The molecule has 2 aromatic rings. The summed E-state index contributed by atoms with van der Waals surface area (Å²) in [6.07, 6.45) is 1.66. The lowest BCUT2D eigenvalue weighted by atomic mass is 10.4. The van der Waals surface area contributed by atoms with Crippen molar-refractivity contribution >= 4 is 17.7 Å². The van der Waals surface area contributed by atoms with Crippen molar-refractivity contribution < 1.29 is 9.90 Å². The van der Waals surface area contributed by atoms with Crippen LogP contribution in [-0.4, -0.2) is 47.0 Å². The maximum Gasteiger partial charge on any atom is 0.313 e. The molecule has 0 saturated heterocycles. The first-order chi connectivity index (χ1) is 8.65. The number of rotatable bonds is 5. The normalized spacial score (nSPS) is 10.5. The van der Waals surface area contributed by atoms with Gasteiger partial charge in [-0.2, -0.15) is 0 Å². The number of tetrazole rings is 1. The highest BCUT2D eigenvalue weighted by molar-refractivity contribution is 7.99. The van der Waals surface area contributed by atoms with Gasteiger partial charge >= 0.3 is 5.97 Å². The lowest BCUT2D eigenvalue weighted by Crippen LogP contribution is -2.08. The van der Waals surface area contributed by atoms with E-state index in [1.165, 1.54) is 4.68 Å². The number of carboxylic acids is 1. The van der Waals surface area contributed by atoms with Crippen molar-refractivity contribution in [3.05, 3.63) is 23.8 Å². The minimum atomic E-state index is -0.910. The van der Waals surface area contributed by atoms with Gasteiger partial charge in [0.1, 0.15) is 5.82 Å². The summed E-state index contributed by atoms with van der Waals surface area (Å²) in [4.78, 5) is 18.7. The van der Waals surface area contributed by atoms with Crippen LogP contribution in [0.25, 0.3) is 0 Å². The SMILES string of the molecule is Cc1nccc(Cn2nnnc2SCC(=O)O)n1. The number of thioether (sulfide) groups is 1. The molecule has 0 radical (unpaired) electrons. The average molecular weight is 266 g/mol. The van der Waals surface area contributed by atoms with Crippen molar-refractivity contribution in [2.75, 3.05) is 5.75 Å². The maximum absolute atomic E-state index is 10.5. The van der Waals surface area contributed by atoms with E-state index in [-0.39, 0.29) is 5.75 Å². The molecule has 0 fully saturated rings. The Labute approximate surface area is 106 Å². The standard InChI is InChI=1S/C9H10N6O2S/c1-6-10-3-2-7(11-6)4-15-9(12-13-14-15)18-5-8(16)17/h2-3H,4-5H2,1H3,(H,16,17). The highest BCUT2D eigenvalue weighted by Gasteiger charge is 2.10. The Balaban J connectivity index is 2.10. The number of carboxylic acid groups (broad SMARTS) is 1. The van der Waals surface area contributed by atoms with Gasteiger partial charge < -0.3 is 5.11 Å². The van der Waals surface area contributed by atoms with Gasteiger partial charge in [0.15, 0.2) is 0 Å². The molecular weight excluding hydrogens is 256 g/mol. The highest BCUT2D eigenvalue weighted by Crippen LogP contribution is 2.13. The quantitative estimate of drug-likeness (QED) is 0.753. The predicted octanol–water partition coefficient (Wildman–Crippen LogP) is -0.00348. The molecule has 8 nitrogen and oxygen atoms in total. The number of nitrogens with zero attached hydrogens (tertiary/aromatic N) is 6. The Kier molecular flexibility index (Phi) is 3.82. The fourth-order valence-electron chi connectivity index (χ4n) is 1.27. The van der Waals surface area contributed by atoms with E-state index in [1.54, 1.807) is 19.2 Å². The first-order valence-corrected chi connectivity index (χ1v) is 6.03. The van der Waals surface area contributed by atoms with Gasteiger partial charge in [0.2, 0.25) is 5.16 Å². The van der Waals surface area contributed by atoms with Gasteiger partial charge in [0, 0.05) is 6.20 Å². The van der Waals surface area contributed by atoms with Gasteiger partial charge in [-0.25, -0.2) is 14.6 Å². The average Bonchev–Trinajstić information content (AvgIpc) is 2.74. The van der Waals surface area contributed by atoms with Crippen LogP contribution in [0.3, 0.4) is 0 Å². The lowest BCUT2D eigenvalue weighted by molar-refractivity contribution is -0.133. The first kappa shape index (κ1) is 12.4. The van der Waals surface area contributed by atoms with Crippen molar-refractivity contribution in [3.8, 4) is 0 Å². The molecule has 18 heavy (non-hydrogen) atoms. The summed E-state index contributed by atoms with van der Waals surface area (Å²) in [5.74, 6) is -0.323. The molecule has 0 aromatic carbocycles. The number of hydrogen-bond acceptors (Lipinski definition) is 7. The van der Waals surface area contributed by atoms with E-state index in [1.807, 2.05) is 0 Å². The Morgan fingerprint density at radius 2 is 2.39 bits per heavy atom. The van der Waals surface area contributed by atoms with Gasteiger partial charge in [-0.1, -0.05) is 11.8 Å². The summed E-state index contributed by atoms with van der Waals surface area (Å²) in [5.41, 5.74) is 0.770. The number of hydrogen-bond donors (Lipinski definition) is 1. The third-order valence-electron chi connectivity index (χ3n) is 1.97. The molecule has 0 aliphatic carbocycles. The second kappa shape index (κ2) is 5.54. The monoisotopic (exact) mass is 266 g/mol. The molecule has 2 heterocycles. The lowest BCUT2D eigenvalue weighted by Gasteiger charge is -2.03. The molecule has 0 spiro atoms. The molecular formula is C9H10N6O2S. The molecule has 0 aliphatic heterocycles. The van der Waals surface area contributed by atoms with Crippen molar-refractivity contribution in [1.82, 2.24) is 30.2 Å². The van der Waals surface area contributed by atoms with Crippen LogP contribution in [0.4, 0.5) is 0 Å². The van der Waals surface area contributed by atoms with Crippen molar-refractivity contribution in [1.29, 1.82) is 0 Å². The molecule has 1 N–H and O–H groups in total. The highest BCUT2D eigenvalue weighted by atomic mass is 32.2. The summed E-state index contributed by atoms with van der Waals surface area (Å²) < 4.78 is 1.51. The third kappa shape index (κ3) is 3.23. The Bertz CT molecular complexity index is 557. The minimum absolute atomic E-state index is 0.0802. The van der Waals surface area contributed by atoms with Crippen LogP contribution >= 0.6 is 11.8 Å². The van der Waals surface area contributed by atoms with E-state index in [0.29, 0.717) is 17.5 Å². The van der Waals surface area contributed by atoms with Crippen LogP contribution in [0.1, 0.15) is 11.5 Å². The fourth-order valence-corrected chi connectivity index (χ4v) is 1.87. The predicted molar refractivity (Wildman–Crippen MR) is 62.0 cm³/mol. The molecule has 9 heteroatoms. The maximum atomic E-state index is 10.5. The minimum Gasteiger partial charge on any atom is -0.481 e. The molecule has 0 atom stereocenters. The zero-order valence-electron chi connectivity index (χ0n) is 9.52. The smallest absolute Gasteiger partial charge is 0.313 e. The second-order valence-electron chi connectivity index (χ2n) is 3.40. The Morgan fingerprint density at radius 3 is 3.11 bits per heavy atom. The molecule has 2 aromatic heterocycles. The van der Waals surface area contributed by atoms with Gasteiger partial charge in [-0.15, -0.1) is 5.10 Å². The summed E-state index contributed by atoms with van der Waals surface area (Å²) >= 11 is 1.07. The zero-order valence-corrected chi connectivity index (χ0v) is 10.3. The van der Waals surface area contributed by atoms with Gasteiger partial charge in [-0.3, -0.25) is 4.79 Å². The largest absolute Gasteiger partial charge is 0.481 e. The summed E-state index contributed by atoms with van der Waals surface area (Å²) in [5, 5.41) is 20.2. The summed E-state index contributed by atoms with van der Waals surface area (Å²) in [6.45, 7) is 2.18. The van der Waals surface area contributed by atoms with Crippen LogP contribution in [0.2, 0.25) is 0 Å². The summed E-state index contributed by atoms with van der Waals surface area (Å²) in [6, 6.07) is 1.76.